The smallest absolute Gasteiger partial charge is 0.319 e. The molecule has 0 aliphatic heterocycles. The minimum atomic E-state index is -0.350. The predicted molar refractivity (Wildman–Crippen MR) is 79.1 cm³/mol. The van der Waals surface area contributed by atoms with E-state index >= 15 is 0 Å². The van der Waals surface area contributed by atoms with Crippen molar-refractivity contribution in [1.82, 2.24) is 5.32 Å². The Kier molecular flexibility index (Phi) is 10.6. The molecule has 0 saturated heterocycles. The number of nitrogens with one attached hydrogen (secondary N) is 1. The summed E-state index contributed by atoms with van der Waals surface area (Å²) in [6, 6.07) is 3.30. The molecule has 0 bridgehead atoms. The number of nitrogen functional groups attached to an aromatic ring is 1. The van der Waals surface area contributed by atoms with Gasteiger partial charge >= 0.3 is 5.97 Å². The van der Waals surface area contributed by atoms with E-state index in [-0.39, 0.29) is 37.3 Å². The summed E-state index contributed by atoms with van der Waals surface area (Å²) in [5, 5.41) is 3.70. The van der Waals surface area contributed by atoms with E-state index in [1.54, 1.807) is 12.1 Å². The van der Waals surface area contributed by atoms with Crippen LogP contribution in [0.2, 0.25) is 10.0 Å². The second-order valence-corrected chi connectivity index (χ2v) is 3.89. The zero-order valence-electron chi connectivity index (χ0n) is 9.54. The average Bonchev–Trinajstić information content (AvgIpc) is 2.28. The molecule has 0 spiro atoms. The second kappa shape index (κ2) is 9.53. The number of anilines is 1. The van der Waals surface area contributed by atoms with Crippen LogP contribution in [0.1, 0.15) is 5.56 Å². The van der Waals surface area contributed by atoms with Gasteiger partial charge in [-0.1, -0.05) is 23.2 Å². The molecular formula is C10H14Cl4N2O2. The summed E-state index contributed by atoms with van der Waals surface area (Å²) in [5.41, 5.74) is 6.95. The van der Waals surface area contributed by atoms with E-state index in [4.69, 9.17) is 28.9 Å². The Morgan fingerprint density at radius 3 is 2.56 bits per heavy atom. The Balaban J connectivity index is 0. The van der Waals surface area contributed by atoms with Crippen LogP contribution in [0.25, 0.3) is 0 Å². The highest BCUT2D eigenvalue weighted by atomic mass is 35.5. The van der Waals surface area contributed by atoms with Gasteiger partial charge in [0, 0.05) is 17.8 Å². The number of carbonyl (C=O) groups excluding carboxylic acids is 1. The number of ether oxygens (including phenoxy) is 1. The molecule has 0 radical (unpaired) electrons. The average molecular weight is 336 g/mol. The van der Waals surface area contributed by atoms with Crippen molar-refractivity contribution in [2.75, 3.05) is 19.4 Å². The number of methoxy groups -OCH3 is 1. The third kappa shape index (κ3) is 5.50. The lowest BCUT2D eigenvalue weighted by molar-refractivity contribution is -0.139. The van der Waals surface area contributed by atoms with Gasteiger partial charge in [-0.25, -0.2) is 0 Å². The van der Waals surface area contributed by atoms with E-state index in [1.807, 2.05) is 0 Å². The van der Waals surface area contributed by atoms with Crippen LogP contribution in [0.5, 0.6) is 0 Å². The van der Waals surface area contributed by atoms with Crippen molar-refractivity contribution < 1.29 is 9.53 Å². The number of hydrogen-bond acceptors (Lipinski definition) is 4. The van der Waals surface area contributed by atoms with E-state index < -0.39 is 0 Å². The first kappa shape index (κ1) is 19.9. The van der Waals surface area contributed by atoms with E-state index in [2.05, 4.69) is 10.1 Å². The SMILES string of the molecule is COC(=O)CNCc1c(N)ccc(Cl)c1Cl.Cl.Cl. The van der Waals surface area contributed by atoms with Crippen LogP contribution in [0.3, 0.4) is 0 Å². The summed E-state index contributed by atoms with van der Waals surface area (Å²) in [6.07, 6.45) is 0. The zero-order valence-corrected chi connectivity index (χ0v) is 12.7. The van der Waals surface area contributed by atoms with Crippen molar-refractivity contribution in [3.63, 3.8) is 0 Å². The third-order valence-corrected chi connectivity index (χ3v) is 2.87. The fourth-order valence-electron chi connectivity index (χ4n) is 1.15. The van der Waals surface area contributed by atoms with Gasteiger partial charge in [-0.05, 0) is 12.1 Å². The summed E-state index contributed by atoms with van der Waals surface area (Å²) in [7, 11) is 1.32. The van der Waals surface area contributed by atoms with Crippen molar-refractivity contribution >= 4 is 59.7 Å². The highest BCUT2D eigenvalue weighted by Gasteiger charge is 2.09. The summed E-state index contributed by atoms with van der Waals surface area (Å²) >= 11 is 11.8. The molecule has 0 aromatic heterocycles. The molecule has 1 aromatic rings. The Morgan fingerprint density at radius 1 is 1.39 bits per heavy atom. The van der Waals surface area contributed by atoms with Gasteiger partial charge in [0.15, 0.2) is 0 Å². The molecule has 8 heteroatoms. The molecule has 104 valence electrons. The van der Waals surface area contributed by atoms with Gasteiger partial charge in [0.2, 0.25) is 0 Å². The number of halogens is 4. The Bertz CT molecular complexity index is 402. The normalized spacial score (nSPS) is 9.06. The van der Waals surface area contributed by atoms with Crippen molar-refractivity contribution in [1.29, 1.82) is 0 Å². The largest absolute Gasteiger partial charge is 0.468 e. The van der Waals surface area contributed by atoms with Gasteiger partial charge < -0.3 is 15.8 Å². The van der Waals surface area contributed by atoms with Gasteiger partial charge in [0.1, 0.15) is 0 Å². The summed E-state index contributed by atoms with van der Waals surface area (Å²) in [4.78, 5) is 10.9. The number of rotatable bonds is 4. The van der Waals surface area contributed by atoms with E-state index in [0.29, 0.717) is 27.8 Å². The summed E-state index contributed by atoms with van der Waals surface area (Å²) in [6.45, 7) is 0.457. The zero-order chi connectivity index (χ0) is 12.1. The van der Waals surface area contributed by atoms with Crippen molar-refractivity contribution in [3.05, 3.63) is 27.7 Å². The van der Waals surface area contributed by atoms with Gasteiger partial charge in [0.25, 0.3) is 0 Å². The maximum absolute atomic E-state index is 10.9. The lowest BCUT2D eigenvalue weighted by Crippen LogP contribution is -2.24. The Morgan fingerprint density at radius 2 is 2.00 bits per heavy atom. The number of hydrogen-bond donors (Lipinski definition) is 2. The molecule has 0 atom stereocenters. The predicted octanol–water partition coefficient (Wildman–Crippen LogP) is 2.68. The molecule has 1 rings (SSSR count). The standard InChI is InChI=1S/C10H12Cl2N2O2.2ClH/c1-16-9(15)5-14-4-6-8(13)3-2-7(11)10(6)12;;/h2-3,14H,4-5,13H2,1H3;2*1H. The molecule has 0 saturated carbocycles. The van der Waals surface area contributed by atoms with Crippen LogP contribution in [0, 0.1) is 0 Å². The molecule has 0 unspecified atom stereocenters. The highest BCUT2D eigenvalue weighted by molar-refractivity contribution is 6.42. The second-order valence-electron chi connectivity index (χ2n) is 3.11. The first-order valence-corrected chi connectivity index (χ1v) is 5.31. The Hall–Kier alpha value is -0.390. The summed E-state index contributed by atoms with van der Waals surface area (Å²) in [5.74, 6) is -0.350. The van der Waals surface area contributed by atoms with Gasteiger partial charge in [0.05, 0.1) is 23.7 Å². The van der Waals surface area contributed by atoms with E-state index in [0.717, 1.165) is 0 Å². The molecule has 0 aliphatic carbocycles. The number of benzene rings is 1. The number of nitrogens with two attached hydrogens (primary N) is 1. The van der Waals surface area contributed by atoms with Crippen LogP contribution in [0.4, 0.5) is 5.69 Å². The highest BCUT2D eigenvalue weighted by Crippen LogP contribution is 2.29. The third-order valence-electron chi connectivity index (χ3n) is 2.03. The summed E-state index contributed by atoms with van der Waals surface area (Å²) < 4.78 is 4.48. The molecule has 1 aromatic carbocycles. The number of carbonyl (C=O) groups is 1. The first-order chi connectivity index (χ1) is 7.56. The minimum Gasteiger partial charge on any atom is -0.468 e. The Labute approximate surface area is 128 Å². The van der Waals surface area contributed by atoms with Gasteiger partial charge in [-0.15, -0.1) is 24.8 Å². The molecule has 4 nitrogen and oxygen atoms in total. The maximum Gasteiger partial charge on any atom is 0.319 e. The van der Waals surface area contributed by atoms with Crippen molar-refractivity contribution in [3.8, 4) is 0 Å². The molecule has 18 heavy (non-hydrogen) atoms. The minimum absolute atomic E-state index is 0. The van der Waals surface area contributed by atoms with Crippen LogP contribution < -0.4 is 11.1 Å². The fourth-order valence-corrected chi connectivity index (χ4v) is 1.56. The lowest BCUT2D eigenvalue weighted by atomic mass is 10.2. The van der Waals surface area contributed by atoms with Crippen LogP contribution in [-0.2, 0) is 16.1 Å². The topological polar surface area (TPSA) is 64.3 Å². The molecular weight excluding hydrogens is 322 g/mol. The lowest BCUT2D eigenvalue weighted by Gasteiger charge is -2.10. The quantitative estimate of drug-likeness (QED) is 0.656. The van der Waals surface area contributed by atoms with Crippen molar-refractivity contribution in [2.24, 2.45) is 0 Å². The van der Waals surface area contributed by atoms with Gasteiger partial charge in [-0.2, -0.15) is 0 Å². The van der Waals surface area contributed by atoms with Crippen LogP contribution in [-0.4, -0.2) is 19.6 Å². The number of esters is 1. The van der Waals surface area contributed by atoms with Crippen LogP contribution >= 0.6 is 48.0 Å². The molecule has 0 fully saturated rings. The van der Waals surface area contributed by atoms with Crippen molar-refractivity contribution in [2.45, 2.75) is 6.54 Å². The molecule has 0 heterocycles. The molecule has 3 N–H and O–H groups in total. The monoisotopic (exact) mass is 334 g/mol. The van der Waals surface area contributed by atoms with Crippen LogP contribution in [0.15, 0.2) is 12.1 Å². The van der Waals surface area contributed by atoms with Gasteiger partial charge in [-0.3, -0.25) is 4.79 Å². The van der Waals surface area contributed by atoms with E-state index in [9.17, 15) is 4.79 Å². The maximum atomic E-state index is 10.9. The molecule has 0 amide bonds. The molecule has 0 aliphatic rings. The fraction of sp³-hybridized carbons (Fsp3) is 0.300. The van der Waals surface area contributed by atoms with E-state index in [1.165, 1.54) is 7.11 Å². The first-order valence-electron chi connectivity index (χ1n) is 4.56.